The second kappa shape index (κ2) is 5.39. The molecule has 1 aromatic carbocycles. The minimum Gasteiger partial charge on any atom is -0.478 e. The van der Waals surface area contributed by atoms with E-state index in [1.165, 1.54) is 6.07 Å². The van der Waals surface area contributed by atoms with Gasteiger partial charge in [-0.2, -0.15) is 0 Å². The van der Waals surface area contributed by atoms with Gasteiger partial charge in [0.25, 0.3) is 0 Å². The Morgan fingerprint density at radius 2 is 2.00 bits per heavy atom. The van der Waals surface area contributed by atoms with Gasteiger partial charge in [-0.15, -0.1) is 0 Å². The molecule has 0 amide bonds. The molecule has 5 heteroatoms. The molecule has 98 valence electrons. The Morgan fingerprint density at radius 3 is 2.63 bits per heavy atom. The third-order valence-corrected chi connectivity index (χ3v) is 2.83. The number of aromatic nitrogens is 1. The lowest BCUT2D eigenvalue weighted by Crippen LogP contribution is -2.19. The van der Waals surface area contributed by atoms with E-state index in [2.05, 4.69) is 4.98 Å². The van der Waals surface area contributed by atoms with Crippen LogP contribution in [0.5, 0.6) is 0 Å². The molecule has 0 spiro atoms. The van der Waals surface area contributed by atoms with Crippen LogP contribution in [0.15, 0.2) is 42.7 Å². The van der Waals surface area contributed by atoms with Crippen molar-refractivity contribution in [2.75, 3.05) is 17.7 Å². The number of pyridine rings is 1. The van der Waals surface area contributed by atoms with Crippen molar-refractivity contribution in [3.63, 3.8) is 0 Å². The number of carboxylic acid groups (broad SMARTS) is 1. The Bertz CT molecular complexity index is 584. The highest BCUT2D eigenvalue weighted by Gasteiger charge is 2.14. The first-order valence-electron chi connectivity index (χ1n) is 5.81. The highest BCUT2D eigenvalue weighted by molar-refractivity contribution is 5.95. The smallest absolute Gasteiger partial charge is 0.337 e. The van der Waals surface area contributed by atoms with Crippen LogP contribution in [-0.4, -0.2) is 23.1 Å². The van der Waals surface area contributed by atoms with Crippen molar-refractivity contribution in [3.05, 3.63) is 53.9 Å². The molecule has 0 radical (unpaired) electrons. The van der Waals surface area contributed by atoms with Crippen molar-refractivity contribution in [1.29, 1.82) is 0 Å². The van der Waals surface area contributed by atoms with E-state index in [0.29, 0.717) is 17.9 Å². The Balaban J connectivity index is 2.28. The zero-order valence-corrected chi connectivity index (χ0v) is 10.6. The SMILES string of the molecule is CN(Cc1ccncc1)c1ccc(N)cc1C(=O)O. The van der Waals surface area contributed by atoms with E-state index in [-0.39, 0.29) is 5.56 Å². The average Bonchev–Trinajstić information content (AvgIpc) is 2.39. The third-order valence-electron chi connectivity index (χ3n) is 2.83. The van der Waals surface area contributed by atoms with Gasteiger partial charge in [-0.05, 0) is 35.9 Å². The molecule has 0 aliphatic carbocycles. The first kappa shape index (κ1) is 12.9. The predicted octanol–water partition coefficient (Wildman–Crippen LogP) is 2.00. The van der Waals surface area contributed by atoms with Crippen molar-refractivity contribution >= 4 is 17.3 Å². The minimum absolute atomic E-state index is 0.205. The van der Waals surface area contributed by atoms with Gasteiger partial charge in [0, 0.05) is 31.7 Å². The average molecular weight is 257 g/mol. The lowest BCUT2D eigenvalue weighted by atomic mass is 10.1. The number of nitrogens with two attached hydrogens (primary N) is 1. The first-order valence-corrected chi connectivity index (χ1v) is 5.81. The van der Waals surface area contributed by atoms with Crippen LogP contribution in [0.1, 0.15) is 15.9 Å². The van der Waals surface area contributed by atoms with Crippen LogP contribution in [0.3, 0.4) is 0 Å². The zero-order valence-electron chi connectivity index (χ0n) is 10.6. The predicted molar refractivity (Wildman–Crippen MR) is 74.2 cm³/mol. The molecule has 0 saturated heterocycles. The lowest BCUT2D eigenvalue weighted by Gasteiger charge is -2.21. The fraction of sp³-hybridized carbons (Fsp3) is 0.143. The Hall–Kier alpha value is -2.56. The monoisotopic (exact) mass is 257 g/mol. The minimum atomic E-state index is -0.983. The molecular weight excluding hydrogens is 242 g/mol. The zero-order chi connectivity index (χ0) is 13.8. The van der Waals surface area contributed by atoms with E-state index in [1.807, 2.05) is 24.1 Å². The van der Waals surface area contributed by atoms with Crippen LogP contribution in [0.4, 0.5) is 11.4 Å². The Kier molecular flexibility index (Phi) is 3.66. The summed E-state index contributed by atoms with van der Waals surface area (Å²) in [7, 11) is 1.85. The molecule has 3 N–H and O–H groups in total. The van der Waals surface area contributed by atoms with Crippen molar-refractivity contribution < 1.29 is 9.90 Å². The molecule has 0 fully saturated rings. The van der Waals surface area contributed by atoms with Crippen LogP contribution in [0.2, 0.25) is 0 Å². The van der Waals surface area contributed by atoms with Gasteiger partial charge in [0.1, 0.15) is 0 Å². The second-order valence-electron chi connectivity index (χ2n) is 4.29. The van der Waals surface area contributed by atoms with Crippen LogP contribution in [0, 0.1) is 0 Å². The summed E-state index contributed by atoms with van der Waals surface area (Å²) in [5.74, 6) is -0.983. The maximum Gasteiger partial charge on any atom is 0.337 e. The standard InChI is InChI=1S/C14H15N3O2/c1-17(9-10-4-6-16-7-5-10)13-3-2-11(15)8-12(13)14(18)19/h2-8H,9,15H2,1H3,(H,18,19). The van der Waals surface area contributed by atoms with Gasteiger partial charge in [0.15, 0.2) is 0 Å². The van der Waals surface area contributed by atoms with Crippen molar-refractivity contribution in [1.82, 2.24) is 4.98 Å². The Morgan fingerprint density at radius 1 is 1.32 bits per heavy atom. The normalized spacial score (nSPS) is 10.2. The summed E-state index contributed by atoms with van der Waals surface area (Å²) in [6, 6.07) is 8.69. The van der Waals surface area contributed by atoms with Crippen molar-refractivity contribution in [3.8, 4) is 0 Å². The topological polar surface area (TPSA) is 79.5 Å². The van der Waals surface area contributed by atoms with Crippen LogP contribution >= 0.6 is 0 Å². The van der Waals surface area contributed by atoms with Gasteiger partial charge in [0.2, 0.25) is 0 Å². The van der Waals surface area contributed by atoms with E-state index in [1.54, 1.807) is 24.5 Å². The summed E-state index contributed by atoms with van der Waals surface area (Å²) in [6.07, 6.45) is 3.43. The Labute approximate surface area is 111 Å². The molecule has 1 aromatic heterocycles. The first-order chi connectivity index (χ1) is 9.08. The molecule has 0 atom stereocenters. The number of carboxylic acids is 1. The van der Waals surface area contributed by atoms with E-state index in [9.17, 15) is 9.90 Å². The van der Waals surface area contributed by atoms with Gasteiger partial charge in [0.05, 0.1) is 11.3 Å². The number of hydrogen-bond acceptors (Lipinski definition) is 4. The largest absolute Gasteiger partial charge is 0.478 e. The fourth-order valence-electron chi connectivity index (χ4n) is 1.91. The number of carbonyl (C=O) groups is 1. The van der Waals surface area contributed by atoms with Gasteiger partial charge in [-0.3, -0.25) is 4.98 Å². The van der Waals surface area contributed by atoms with Gasteiger partial charge in [-0.25, -0.2) is 4.79 Å². The molecule has 1 heterocycles. The van der Waals surface area contributed by atoms with E-state index < -0.39 is 5.97 Å². The summed E-state index contributed by atoms with van der Waals surface area (Å²) in [4.78, 5) is 17.1. The highest BCUT2D eigenvalue weighted by Crippen LogP contribution is 2.23. The molecular formula is C14H15N3O2. The van der Waals surface area contributed by atoms with E-state index in [4.69, 9.17) is 5.73 Å². The summed E-state index contributed by atoms with van der Waals surface area (Å²) < 4.78 is 0. The lowest BCUT2D eigenvalue weighted by molar-refractivity contribution is 0.0697. The van der Waals surface area contributed by atoms with Gasteiger partial charge >= 0.3 is 5.97 Å². The van der Waals surface area contributed by atoms with Gasteiger partial charge in [-0.1, -0.05) is 0 Å². The van der Waals surface area contributed by atoms with E-state index >= 15 is 0 Å². The number of rotatable bonds is 4. The summed E-state index contributed by atoms with van der Waals surface area (Å²) in [6.45, 7) is 0.604. The summed E-state index contributed by atoms with van der Waals surface area (Å²) in [5.41, 5.74) is 7.97. The molecule has 0 saturated carbocycles. The van der Waals surface area contributed by atoms with Crippen LogP contribution in [-0.2, 0) is 6.54 Å². The van der Waals surface area contributed by atoms with Crippen LogP contribution < -0.4 is 10.6 Å². The van der Waals surface area contributed by atoms with Crippen molar-refractivity contribution in [2.24, 2.45) is 0 Å². The van der Waals surface area contributed by atoms with Crippen molar-refractivity contribution in [2.45, 2.75) is 6.54 Å². The number of aromatic carboxylic acids is 1. The number of nitrogen functional groups attached to an aromatic ring is 1. The molecule has 0 bridgehead atoms. The number of anilines is 2. The van der Waals surface area contributed by atoms with E-state index in [0.717, 1.165) is 5.56 Å². The molecule has 0 aliphatic rings. The molecule has 0 unspecified atom stereocenters. The second-order valence-corrected chi connectivity index (χ2v) is 4.29. The summed E-state index contributed by atoms with van der Waals surface area (Å²) in [5, 5.41) is 9.21. The maximum atomic E-state index is 11.2. The molecule has 5 nitrogen and oxygen atoms in total. The highest BCUT2D eigenvalue weighted by atomic mass is 16.4. The molecule has 2 rings (SSSR count). The number of nitrogens with zero attached hydrogens (tertiary/aromatic N) is 2. The maximum absolute atomic E-state index is 11.2. The van der Waals surface area contributed by atoms with Crippen LogP contribution in [0.25, 0.3) is 0 Å². The third kappa shape index (κ3) is 3.01. The summed E-state index contributed by atoms with van der Waals surface area (Å²) >= 11 is 0. The number of benzene rings is 1. The molecule has 19 heavy (non-hydrogen) atoms. The quantitative estimate of drug-likeness (QED) is 0.819. The molecule has 0 aliphatic heterocycles. The number of hydrogen-bond donors (Lipinski definition) is 2. The van der Waals surface area contributed by atoms with Gasteiger partial charge < -0.3 is 15.7 Å². The molecule has 2 aromatic rings. The fourth-order valence-corrected chi connectivity index (χ4v) is 1.91.